The number of allylic oxidation sites excluding steroid dienone is 4. The molecule has 0 amide bonds. The molecule has 1 atom stereocenters. The van der Waals surface area contributed by atoms with Crippen LogP contribution in [0.4, 0.5) is 0 Å². The molecule has 0 N–H and O–H groups in total. The van der Waals surface area contributed by atoms with Crippen molar-refractivity contribution >= 4 is 17.9 Å². The van der Waals surface area contributed by atoms with Gasteiger partial charge in [-0.3, -0.25) is 14.4 Å². The number of carbonyl (C=O) groups is 3. The van der Waals surface area contributed by atoms with Crippen LogP contribution in [-0.4, -0.2) is 37.2 Å². The highest BCUT2D eigenvalue weighted by molar-refractivity contribution is 5.71. The molecule has 0 aliphatic rings. The Labute approximate surface area is 519 Å². The first kappa shape index (κ1) is 80.9. The van der Waals surface area contributed by atoms with Gasteiger partial charge in [0.25, 0.3) is 0 Å². The maximum absolute atomic E-state index is 13.0. The average Bonchev–Trinajstić information content (AvgIpc) is 3.49. The van der Waals surface area contributed by atoms with Crippen molar-refractivity contribution in [2.45, 2.75) is 438 Å². The van der Waals surface area contributed by atoms with E-state index in [0.29, 0.717) is 19.3 Å². The zero-order chi connectivity index (χ0) is 59.9. The van der Waals surface area contributed by atoms with E-state index in [4.69, 9.17) is 14.2 Å². The van der Waals surface area contributed by atoms with Crippen LogP contribution in [0.3, 0.4) is 0 Å². The van der Waals surface area contributed by atoms with Crippen molar-refractivity contribution in [3.05, 3.63) is 24.3 Å². The van der Waals surface area contributed by atoms with Crippen LogP contribution < -0.4 is 0 Å². The highest BCUT2D eigenvalue weighted by Crippen LogP contribution is 2.19. The van der Waals surface area contributed by atoms with Gasteiger partial charge in [-0.1, -0.05) is 385 Å². The topological polar surface area (TPSA) is 78.9 Å². The molecule has 0 aromatic heterocycles. The van der Waals surface area contributed by atoms with Crippen molar-refractivity contribution < 1.29 is 28.6 Å². The van der Waals surface area contributed by atoms with Crippen LogP contribution in [0, 0.1) is 0 Å². The summed E-state index contributed by atoms with van der Waals surface area (Å²) in [5.41, 5.74) is 0. The Balaban J connectivity index is 4.11. The van der Waals surface area contributed by atoms with Crippen LogP contribution in [-0.2, 0) is 28.6 Å². The third kappa shape index (κ3) is 70.5. The van der Waals surface area contributed by atoms with Crippen LogP contribution in [0.25, 0.3) is 0 Å². The summed E-state index contributed by atoms with van der Waals surface area (Å²) < 4.78 is 17.0. The zero-order valence-corrected chi connectivity index (χ0v) is 56.5. The number of rotatable bonds is 71. The van der Waals surface area contributed by atoms with Crippen molar-refractivity contribution in [2.75, 3.05) is 13.2 Å². The molecule has 0 rings (SSSR count). The molecule has 0 bridgehead atoms. The molecule has 0 aromatic rings. The molecule has 6 heteroatoms. The maximum atomic E-state index is 13.0. The molecule has 0 fully saturated rings. The molecule has 0 saturated carbocycles. The van der Waals surface area contributed by atoms with E-state index in [1.807, 2.05) is 0 Å². The highest BCUT2D eigenvalue weighted by Gasteiger charge is 2.20. The fraction of sp³-hybridized carbons (Fsp3) is 0.909. The second-order valence-corrected chi connectivity index (χ2v) is 25.9. The monoisotopic (exact) mass is 1170 g/mol. The van der Waals surface area contributed by atoms with Crippen molar-refractivity contribution in [3.8, 4) is 0 Å². The van der Waals surface area contributed by atoms with Crippen LogP contribution >= 0.6 is 0 Å². The van der Waals surface area contributed by atoms with Crippen molar-refractivity contribution in [3.63, 3.8) is 0 Å². The Hall–Kier alpha value is -2.11. The molecule has 83 heavy (non-hydrogen) atoms. The lowest BCUT2D eigenvalue weighted by molar-refractivity contribution is -0.167. The molecule has 0 heterocycles. The molecule has 6 nitrogen and oxygen atoms in total. The number of hydrogen-bond acceptors (Lipinski definition) is 6. The summed E-state index contributed by atoms with van der Waals surface area (Å²) in [6, 6.07) is 0. The molecule has 0 aliphatic heterocycles. The van der Waals surface area contributed by atoms with E-state index in [2.05, 4.69) is 45.1 Å². The lowest BCUT2D eigenvalue weighted by atomic mass is 10.0. The first-order chi connectivity index (χ1) is 41.0. The van der Waals surface area contributed by atoms with Crippen LogP contribution in [0.1, 0.15) is 432 Å². The van der Waals surface area contributed by atoms with E-state index in [-0.39, 0.29) is 31.1 Å². The van der Waals surface area contributed by atoms with Gasteiger partial charge in [0.2, 0.25) is 0 Å². The largest absolute Gasteiger partial charge is 0.462 e. The van der Waals surface area contributed by atoms with E-state index in [1.54, 1.807) is 0 Å². The van der Waals surface area contributed by atoms with Crippen LogP contribution in [0.15, 0.2) is 24.3 Å². The summed E-state index contributed by atoms with van der Waals surface area (Å²) in [6.07, 6.45) is 89.5. The van der Waals surface area contributed by atoms with Crippen molar-refractivity contribution in [1.29, 1.82) is 0 Å². The van der Waals surface area contributed by atoms with Crippen LogP contribution in [0.2, 0.25) is 0 Å². The maximum Gasteiger partial charge on any atom is 0.306 e. The standard InChI is InChI=1S/C77H146O6/c1-4-7-10-13-16-19-22-25-27-29-31-33-34-35-36-37-38-39-40-41-42-43-45-46-48-50-52-55-58-61-64-67-70-76(79)82-73-74(72-81-75(78)69-66-63-60-57-54-24-21-18-15-12-9-6-3)83-77(80)71-68-65-62-59-56-53-51-49-47-44-32-30-28-26-23-20-17-14-11-8-5-2/h23,26,30,32,74H,4-22,24-25,27-29,31,33-73H2,1-3H3/b26-23-,32-30-. The minimum Gasteiger partial charge on any atom is -0.462 e. The number of esters is 3. The van der Waals surface area contributed by atoms with Gasteiger partial charge in [-0.25, -0.2) is 0 Å². The summed E-state index contributed by atoms with van der Waals surface area (Å²) in [5.74, 6) is -0.838. The van der Waals surface area contributed by atoms with Crippen molar-refractivity contribution in [1.82, 2.24) is 0 Å². The van der Waals surface area contributed by atoms with Gasteiger partial charge in [0.15, 0.2) is 6.10 Å². The quantitative estimate of drug-likeness (QED) is 0.0261. The van der Waals surface area contributed by atoms with Gasteiger partial charge in [-0.2, -0.15) is 0 Å². The normalized spacial score (nSPS) is 12.1. The second kappa shape index (κ2) is 72.4. The van der Waals surface area contributed by atoms with E-state index in [9.17, 15) is 14.4 Å². The van der Waals surface area contributed by atoms with Gasteiger partial charge in [-0.15, -0.1) is 0 Å². The minimum atomic E-state index is -0.771. The molecular formula is C77H146O6. The number of unbranched alkanes of at least 4 members (excludes halogenated alkanes) is 56. The summed E-state index contributed by atoms with van der Waals surface area (Å²) in [5, 5.41) is 0. The van der Waals surface area contributed by atoms with E-state index in [1.165, 1.54) is 327 Å². The van der Waals surface area contributed by atoms with E-state index < -0.39 is 6.10 Å². The molecule has 0 aliphatic carbocycles. The fourth-order valence-electron chi connectivity index (χ4n) is 11.8. The molecule has 0 radical (unpaired) electrons. The minimum absolute atomic E-state index is 0.0664. The van der Waals surface area contributed by atoms with Crippen molar-refractivity contribution in [2.24, 2.45) is 0 Å². The second-order valence-electron chi connectivity index (χ2n) is 25.9. The molecule has 1 unspecified atom stereocenters. The van der Waals surface area contributed by atoms with Gasteiger partial charge in [-0.05, 0) is 51.4 Å². The predicted octanol–water partition coefficient (Wildman–Crippen LogP) is 26.1. The van der Waals surface area contributed by atoms with Gasteiger partial charge in [0, 0.05) is 19.3 Å². The number of carbonyl (C=O) groups excluding carboxylic acids is 3. The fourth-order valence-corrected chi connectivity index (χ4v) is 11.8. The lowest BCUT2D eigenvalue weighted by Crippen LogP contribution is -2.30. The lowest BCUT2D eigenvalue weighted by Gasteiger charge is -2.18. The molecule has 490 valence electrons. The summed E-state index contributed by atoms with van der Waals surface area (Å²) in [4.78, 5) is 38.4. The Morgan fingerprint density at radius 2 is 0.434 bits per heavy atom. The SMILES string of the molecule is CCCCCCC/C=C\C/C=C\CCCCCCCCCCCC(=O)OC(COC(=O)CCCCCCCCCCCCCC)COC(=O)CCCCCCCCCCCCCCCCCCCCCCCCCCCCCCCCCC. The molecule has 0 saturated heterocycles. The third-order valence-electron chi connectivity index (χ3n) is 17.5. The van der Waals surface area contributed by atoms with Gasteiger partial charge in [0.05, 0.1) is 0 Å². The molecular weight excluding hydrogens is 1020 g/mol. The average molecular weight is 1170 g/mol. The molecule has 0 aromatic carbocycles. The van der Waals surface area contributed by atoms with Crippen LogP contribution in [0.5, 0.6) is 0 Å². The zero-order valence-electron chi connectivity index (χ0n) is 56.5. The van der Waals surface area contributed by atoms with Gasteiger partial charge >= 0.3 is 17.9 Å². The first-order valence-electron chi connectivity index (χ1n) is 37.8. The van der Waals surface area contributed by atoms with E-state index in [0.717, 1.165) is 64.2 Å². The van der Waals surface area contributed by atoms with Gasteiger partial charge in [0.1, 0.15) is 13.2 Å². The molecule has 0 spiro atoms. The summed E-state index contributed by atoms with van der Waals surface area (Å²) >= 11 is 0. The summed E-state index contributed by atoms with van der Waals surface area (Å²) in [7, 11) is 0. The summed E-state index contributed by atoms with van der Waals surface area (Å²) in [6.45, 7) is 6.71. The Kier molecular flexibility index (Phi) is 70.5. The number of ether oxygens (including phenoxy) is 3. The smallest absolute Gasteiger partial charge is 0.306 e. The highest BCUT2D eigenvalue weighted by atomic mass is 16.6. The Morgan fingerprint density at radius 3 is 0.663 bits per heavy atom. The Bertz CT molecular complexity index is 1340. The third-order valence-corrected chi connectivity index (χ3v) is 17.5. The number of hydrogen-bond donors (Lipinski definition) is 0. The predicted molar refractivity (Wildman–Crippen MR) is 363 cm³/mol. The first-order valence-corrected chi connectivity index (χ1v) is 37.8. The van der Waals surface area contributed by atoms with E-state index >= 15 is 0 Å². The Morgan fingerprint density at radius 1 is 0.241 bits per heavy atom. The van der Waals surface area contributed by atoms with Gasteiger partial charge < -0.3 is 14.2 Å².